The Morgan fingerprint density at radius 2 is 2.04 bits per heavy atom. The zero-order valence-corrected chi connectivity index (χ0v) is 14.9. The fourth-order valence-corrected chi connectivity index (χ4v) is 4.49. The van der Waals surface area contributed by atoms with Crippen molar-refractivity contribution in [1.29, 1.82) is 0 Å². The molecule has 3 aromatic heterocycles. The molecule has 25 heavy (non-hydrogen) atoms. The average molecular weight is 371 g/mol. The second-order valence-electron chi connectivity index (χ2n) is 5.45. The van der Waals surface area contributed by atoms with E-state index in [1.807, 2.05) is 29.8 Å². The van der Waals surface area contributed by atoms with Crippen molar-refractivity contribution in [1.82, 2.24) is 19.7 Å². The molecule has 0 aliphatic rings. The quantitative estimate of drug-likeness (QED) is 0.547. The van der Waals surface area contributed by atoms with E-state index in [-0.39, 0.29) is 5.82 Å². The van der Waals surface area contributed by atoms with Crippen LogP contribution in [-0.2, 0) is 12.8 Å². The molecule has 3 heterocycles. The molecule has 0 unspecified atom stereocenters. The first-order chi connectivity index (χ1) is 12.1. The fraction of sp³-hybridized carbons (Fsp3) is 0.118. The molecule has 0 aliphatic heterocycles. The molecule has 8 heteroatoms. The number of hydrogen-bond donors (Lipinski definition) is 1. The minimum absolute atomic E-state index is 0.211. The van der Waals surface area contributed by atoms with E-state index in [1.165, 1.54) is 29.2 Å². The maximum absolute atomic E-state index is 13.8. The molecule has 2 N–H and O–H groups in total. The van der Waals surface area contributed by atoms with E-state index in [9.17, 15) is 4.39 Å². The van der Waals surface area contributed by atoms with Crippen LogP contribution in [0.1, 0.15) is 5.56 Å². The van der Waals surface area contributed by atoms with Gasteiger partial charge in [0.15, 0.2) is 11.0 Å². The monoisotopic (exact) mass is 371 g/mol. The zero-order chi connectivity index (χ0) is 17.4. The van der Waals surface area contributed by atoms with Gasteiger partial charge in [-0.1, -0.05) is 30.0 Å². The Balaban J connectivity index is 1.64. The number of benzene rings is 1. The number of fused-ring (bicyclic) bond motifs is 1. The summed E-state index contributed by atoms with van der Waals surface area (Å²) in [5.74, 6) is 0.969. The van der Waals surface area contributed by atoms with Gasteiger partial charge in [0, 0.05) is 24.4 Å². The van der Waals surface area contributed by atoms with Gasteiger partial charge in [-0.2, -0.15) is 0 Å². The summed E-state index contributed by atoms with van der Waals surface area (Å²) < 4.78 is 15.6. The smallest absolute Gasteiger partial charge is 0.191 e. The van der Waals surface area contributed by atoms with Crippen LogP contribution < -0.4 is 5.73 Å². The highest BCUT2D eigenvalue weighted by Gasteiger charge is 2.18. The van der Waals surface area contributed by atoms with Crippen LogP contribution in [0.15, 0.2) is 47.8 Å². The Morgan fingerprint density at radius 3 is 2.84 bits per heavy atom. The number of thiophene rings is 1. The second-order valence-corrected chi connectivity index (χ2v) is 7.39. The normalized spacial score (nSPS) is 11.3. The number of aromatic nitrogens is 4. The Hall–Kier alpha value is -2.45. The molecule has 0 saturated carbocycles. The molecule has 0 bridgehead atoms. The van der Waals surface area contributed by atoms with Crippen molar-refractivity contribution in [3.8, 4) is 10.7 Å². The lowest BCUT2D eigenvalue weighted by Gasteiger charge is -2.04. The first-order valence-electron chi connectivity index (χ1n) is 7.54. The maximum Gasteiger partial charge on any atom is 0.191 e. The lowest BCUT2D eigenvalue weighted by atomic mass is 10.2. The Bertz CT molecular complexity index is 1060. The Morgan fingerprint density at radius 1 is 1.20 bits per heavy atom. The molecule has 0 radical (unpaired) electrons. The van der Waals surface area contributed by atoms with Crippen molar-refractivity contribution in [2.24, 2.45) is 7.05 Å². The molecule has 0 amide bonds. The number of hydrogen-bond acceptors (Lipinski definition) is 6. The Kier molecular flexibility index (Phi) is 4.14. The number of nitrogens with zero attached hydrogens (tertiary/aromatic N) is 4. The molecule has 0 aliphatic carbocycles. The number of pyridine rings is 1. The van der Waals surface area contributed by atoms with Gasteiger partial charge >= 0.3 is 0 Å². The molecular weight excluding hydrogens is 357 g/mol. The lowest BCUT2D eigenvalue weighted by Crippen LogP contribution is -1.96. The molecule has 0 saturated heterocycles. The van der Waals surface area contributed by atoms with Crippen molar-refractivity contribution in [3.63, 3.8) is 0 Å². The van der Waals surface area contributed by atoms with Crippen LogP contribution in [-0.4, -0.2) is 19.7 Å². The van der Waals surface area contributed by atoms with Gasteiger partial charge in [0.1, 0.15) is 10.6 Å². The van der Waals surface area contributed by atoms with E-state index in [0.29, 0.717) is 28.0 Å². The number of halogens is 1. The van der Waals surface area contributed by atoms with E-state index in [0.717, 1.165) is 15.1 Å². The van der Waals surface area contributed by atoms with Gasteiger partial charge in [0.2, 0.25) is 0 Å². The average Bonchev–Trinajstić information content (AvgIpc) is 3.15. The van der Waals surface area contributed by atoms with E-state index in [4.69, 9.17) is 5.73 Å². The van der Waals surface area contributed by atoms with Crippen LogP contribution in [0.25, 0.3) is 20.9 Å². The van der Waals surface area contributed by atoms with Crippen molar-refractivity contribution in [2.75, 3.05) is 5.73 Å². The molecular formula is C17H14FN5S2. The third-order valence-electron chi connectivity index (χ3n) is 3.86. The number of nitrogen functional groups attached to an aromatic ring is 1. The Labute approximate surface area is 151 Å². The molecule has 0 atom stereocenters. The molecule has 4 aromatic rings. The zero-order valence-electron chi connectivity index (χ0n) is 13.3. The molecule has 0 spiro atoms. The van der Waals surface area contributed by atoms with Crippen molar-refractivity contribution in [2.45, 2.75) is 10.9 Å². The summed E-state index contributed by atoms with van der Waals surface area (Å²) in [4.78, 5) is 6.07. The summed E-state index contributed by atoms with van der Waals surface area (Å²) in [5, 5.41) is 10.1. The van der Waals surface area contributed by atoms with Crippen LogP contribution in [0, 0.1) is 5.82 Å². The first-order valence-corrected chi connectivity index (χ1v) is 9.34. The van der Waals surface area contributed by atoms with Gasteiger partial charge < -0.3 is 10.3 Å². The second kappa shape index (κ2) is 6.45. The van der Waals surface area contributed by atoms with Gasteiger partial charge in [-0.3, -0.25) is 0 Å². The third kappa shape index (κ3) is 2.87. The van der Waals surface area contributed by atoms with E-state index in [2.05, 4.69) is 15.2 Å². The number of thioether (sulfide) groups is 1. The van der Waals surface area contributed by atoms with Crippen molar-refractivity contribution < 1.29 is 4.39 Å². The molecule has 5 nitrogen and oxygen atoms in total. The maximum atomic E-state index is 13.8. The minimum atomic E-state index is -0.211. The van der Waals surface area contributed by atoms with E-state index < -0.39 is 0 Å². The van der Waals surface area contributed by atoms with Crippen molar-refractivity contribution >= 4 is 39.0 Å². The van der Waals surface area contributed by atoms with Crippen LogP contribution in [0.4, 0.5) is 10.1 Å². The predicted octanol–water partition coefficient (Wildman–Crippen LogP) is 4.11. The SMILES string of the molecule is Cn1c(SCc2ccccc2F)nnc1-c1sc2ncccc2c1N. The highest BCUT2D eigenvalue weighted by atomic mass is 32.2. The third-order valence-corrected chi connectivity index (χ3v) is 6.05. The summed E-state index contributed by atoms with van der Waals surface area (Å²) in [7, 11) is 1.89. The highest BCUT2D eigenvalue weighted by Crippen LogP contribution is 2.39. The number of rotatable bonds is 4. The van der Waals surface area contributed by atoms with Gasteiger partial charge in [0.05, 0.1) is 10.6 Å². The van der Waals surface area contributed by atoms with Crippen LogP contribution >= 0.6 is 23.1 Å². The van der Waals surface area contributed by atoms with Gasteiger partial charge in [-0.05, 0) is 23.8 Å². The minimum Gasteiger partial charge on any atom is -0.397 e. The summed E-state index contributed by atoms with van der Waals surface area (Å²) >= 11 is 2.93. The summed E-state index contributed by atoms with van der Waals surface area (Å²) in [6.45, 7) is 0. The first kappa shape index (κ1) is 16.0. The van der Waals surface area contributed by atoms with Crippen molar-refractivity contribution in [3.05, 3.63) is 54.0 Å². The van der Waals surface area contributed by atoms with E-state index >= 15 is 0 Å². The summed E-state index contributed by atoms with van der Waals surface area (Å²) in [6.07, 6.45) is 1.74. The van der Waals surface area contributed by atoms with Gasteiger partial charge in [-0.25, -0.2) is 9.37 Å². The number of anilines is 1. The van der Waals surface area contributed by atoms with Crippen LogP contribution in [0.2, 0.25) is 0 Å². The number of nitrogens with two attached hydrogens (primary N) is 1. The largest absolute Gasteiger partial charge is 0.397 e. The molecule has 1 aromatic carbocycles. The molecule has 0 fully saturated rings. The molecule has 4 rings (SSSR count). The lowest BCUT2D eigenvalue weighted by molar-refractivity contribution is 0.617. The van der Waals surface area contributed by atoms with E-state index in [1.54, 1.807) is 18.3 Å². The van der Waals surface area contributed by atoms with Crippen LogP contribution in [0.5, 0.6) is 0 Å². The highest BCUT2D eigenvalue weighted by molar-refractivity contribution is 7.98. The molecule has 126 valence electrons. The van der Waals surface area contributed by atoms with Crippen LogP contribution in [0.3, 0.4) is 0 Å². The summed E-state index contributed by atoms with van der Waals surface area (Å²) in [6, 6.07) is 10.6. The van der Waals surface area contributed by atoms with Gasteiger partial charge in [-0.15, -0.1) is 21.5 Å². The topological polar surface area (TPSA) is 69.6 Å². The van der Waals surface area contributed by atoms with Gasteiger partial charge in [0.25, 0.3) is 0 Å². The predicted molar refractivity (Wildman–Crippen MR) is 100.0 cm³/mol. The fourth-order valence-electron chi connectivity index (χ4n) is 2.51. The summed E-state index contributed by atoms with van der Waals surface area (Å²) in [5.41, 5.74) is 7.57. The standard InChI is InChI=1S/C17H14FN5S2/c1-23-15(14-13(19)11-6-4-8-20-16(11)25-14)21-22-17(23)24-9-10-5-2-3-7-12(10)18/h2-8H,9,19H2,1H3.